The molecule has 0 radical (unpaired) electrons. The Bertz CT molecular complexity index is 490. The third-order valence-corrected chi connectivity index (χ3v) is 3.22. The van der Waals surface area contributed by atoms with Crippen LogP contribution in [-0.2, 0) is 0 Å². The number of nitrogens with zero attached hydrogens (tertiary/aromatic N) is 2. The smallest absolute Gasteiger partial charge is 0.321 e. The Balaban J connectivity index is 2.84. The molecular formula is C12H16BrN3O4. The summed E-state index contributed by atoms with van der Waals surface area (Å²) < 4.78 is 0.348. The Kier molecular flexibility index (Phi) is 6.40. The monoisotopic (exact) mass is 345 g/mol. The molecule has 0 aliphatic heterocycles. The van der Waals surface area contributed by atoms with Gasteiger partial charge in [0.05, 0.1) is 16.0 Å². The van der Waals surface area contributed by atoms with Gasteiger partial charge in [-0.3, -0.25) is 10.1 Å². The quantitative estimate of drug-likeness (QED) is 0.611. The van der Waals surface area contributed by atoms with E-state index in [0.717, 1.165) is 6.42 Å². The highest BCUT2D eigenvalue weighted by molar-refractivity contribution is 9.10. The highest BCUT2D eigenvalue weighted by Crippen LogP contribution is 2.27. The summed E-state index contributed by atoms with van der Waals surface area (Å²) in [4.78, 5) is 23.7. The van der Waals surface area contributed by atoms with Crippen LogP contribution >= 0.6 is 15.9 Å². The molecule has 0 aliphatic rings. The van der Waals surface area contributed by atoms with Gasteiger partial charge in [-0.05, 0) is 34.5 Å². The number of nitro groups is 1. The Morgan fingerprint density at radius 2 is 2.20 bits per heavy atom. The van der Waals surface area contributed by atoms with Crippen LogP contribution in [-0.4, -0.2) is 40.7 Å². The molecule has 0 unspecified atom stereocenters. The summed E-state index contributed by atoms with van der Waals surface area (Å²) in [5.41, 5.74) is 0.218. The van der Waals surface area contributed by atoms with Gasteiger partial charge in [0, 0.05) is 24.8 Å². The lowest BCUT2D eigenvalue weighted by Crippen LogP contribution is -2.37. The average Bonchev–Trinajstić information content (AvgIpc) is 2.40. The molecule has 2 amide bonds. The molecule has 1 aromatic carbocycles. The van der Waals surface area contributed by atoms with Crippen molar-refractivity contribution in [3.05, 3.63) is 32.8 Å². The van der Waals surface area contributed by atoms with Gasteiger partial charge in [-0.2, -0.15) is 0 Å². The van der Waals surface area contributed by atoms with E-state index in [9.17, 15) is 14.9 Å². The number of nitrogens with one attached hydrogen (secondary N) is 1. The molecule has 0 saturated carbocycles. The van der Waals surface area contributed by atoms with Crippen molar-refractivity contribution >= 4 is 33.3 Å². The molecule has 2 N–H and O–H groups in total. The van der Waals surface area contributed by atoms with E-state index in [0.29, 0.717) is 16.7 Å². The van der Waals surface area contributed by atoms with Crippen molar-refractivity contribution < 1.29 is 14.8 Å². The van der Waals surface area contributed by atoms with Crippen LogP contribution in [0.3, 0.4) is 0 Å². The van der Waals surface area contributed by atoms with Crippen LogP contribution in [0.15, 0.2) is 22.7 Å². The van der Waals surface area contributed by atoms with Gasteiger partial charge in [-0.1, -0.05) is 6.92 Å². The molecule has 110 valence electrons. The Hall–Kier alpha value is -1.67. The zero-order valence-corrected chi connectivity index (χ0v) is 12.6. The molecule has 20 heavy (non-hydrogen) atoms. The average molecular weight is 346 g/mol. The van der Waals surface area contributed by atoms with E-state index in [1.807, 2.05) is 6.92 Å². The number of halogens is 1. The third kappa shape index (κ3) is 4.46. The molecule has 0 atom stereocenters. The normalized spacial score (nSPS) is 10.2. The first-order chi connectivity index (χ1) is 9.49. The summed E-state index contributed by atoms with van der Waals surface area (Å²) in [6.07, 6.45) is 0.758. The number of amides is 2. The van der Waals surface area contributed by atoms with E-state index < -0.39 is 11.0 Å². The van der Waals surface area contributed by atoms with Crippen LogP contribution in [0.2, 0.25) is 0 Å². The van der Waals surface area contributed by atoms with Crippen LogP contribution in [0.1, 0.15) is 13.3 Å². The number of aliphatic hydroxyl groups excluding tert-OH is 1. The number of urea groups is 1. The maximum Gasteiger partial charge on any atom is 0.321 e. The van der Waals surface area contributed by atoms with Crippen LogP contribution < -0.4 is 5.32 Å². The first-order valence-electron chi connectivity index (χ1n) is 6.10. The standard InChI is InChI=1S/C12H16BrN3O4/c1-2-5-15(6-7-17)12(18)14-9-3-4-10(13)11(8-9)16(19)20/h3-4,8,17H,2,5-7H2,1H3,(H,14,18). The maximum absolute atomic E-state index is 12.0. The lowest BCUT2D eigenvalue weighted by Gasteiger charge is -2.21. The molecular weight excluding hydrogens is 330 g/mol. The molecule has 0 fully saturated rings. The van der Waals surface area contributed by atoms with Crippen molar-refractivity contribution in [1.29, 1.82) is 0 Å². The fourth-order valence-corrected chi connectivity index (χ4v) is 2.03. The number of hydrogen-bond acceptors (Lipinski definition) is 4. The first-order valence-corrected chi connectivity index (χ1v) is 6.89. The second-order valence-electron chi connectivity index (χ2n) is 4.06. The zero-order valence-electron chi connectivity index (χ0n) is 11.0. The number of carbonyl (C=O) groups is 1. The summed E-state index contributed by atoms with van der Waals surface area (Å²) in [7, 11) is 0. The van der Waals surface area contributed by atoms with E-state index in [4.69, 9.17) is 5.11 Å². The summed E-state index contributed by atoms with van der Waals surface area (Å²) >= 11 is 3.08. The molecule has 0 saturated heterocycles. The maximum atomic E-state index is 12.0. The third-order valence-electron chi connectivity index (χ3n) is 2.54. The molecule has 0 heterocycles. The molecule has 0 aromatic heterocycles. The summed E-state index contributed by atoms with van der Waals surface area (Å²) in [6, 6.07) is 3.96. The van der Waals surface area contributed by atoms with Gasteiger partial charge in [-0.25, -0.2) is 4.79 Å². The fourth-order valence-electron chi connectivity index (χ4n) is 1.64. The highest BCUT2D eigenvalue weighted by Gasteiger charge is 2.16. The van der Waals surface area contributed by atoms with Crippen LogP contribution in [0.5, 0.6) is 0 Å². The minimum absolute atomic E-state index is 0.119. The van der Waals surface area contributed by atoms with Crippen molar-refractivity contribution in [2.75, 3.05) is 25.0 Å². The minimum atomic E-state index is -0.530. The molecule has 1 rings (SSSR count). The largest absolute Gasteiger partial charge is 0.395 e. The van der Waals surface area contributed by atoms with Gasteiger partial charge < -0.3 is 15.3 Å². The van der Waals surface area contributed by atoms with Crippen LogP contribution in [0.25, 0.3) is 0 Å². The highest BCUT2D eigenvalue weighted by atomic mass is 79.9. The van der Waals surface area contributed by atoms with E-state index in [-0.39, 0.29) is 18.8 Å². The number of anilines is 1. The van der Waals surface area contributed by atoms with Crippen molar-refractivity contribution in [2.24, 2.45) is 0 Å². The van der Waals surface area contributed by atoms with Gasteiger partial charge in [0.2, 0.25) is 0 Å². The Morgan fingerprint density at radius 3 is 2.75 bits per heavy atom. The lowest BCUT2D eigenvalue weighted by atomic mass is 10.3. The number of nitro benzene ring substituents is 1. The number of carbonyl (C=O) groups excluding carboxylic acids is 1. The van der Waals surface area contributed by atoms with Gasteiger partial charge in [0.25, 0.3) is 5.69 Å². The molecule has 7 nitrogen and oxygen atoms in total. The van der Waals surface area contributed by atoms with Gasteiger partial charge in [0.1, 0.15) is 0 Å². The molecule has 0 bridgehead atoms. The van der Waals surface area contributed by atoms with Crippen molar-refractivity contribution in [2.45, 2.75) is 13.3 Å². The second kappa shape index (κ2) is 7.81. The second-order valence-corrected chi connectivity index (χ2v) is 4.92. The zero-order chi connectivity index (χ0) is 15.1. The summed E-state index contributed by atoms with van der Waals surface area (Å²) in [5, 5.41) is 22.3. The summed E-state index contributed by atoms with van der Waals surface area (Å²) in [6.45, 7) is 2.51. The number of rotatable bonds is 6. The fraction of sp³-hybridized carbons (Fsp3) is 0.417. The number of benzene rings is 1. The van der Waals surface area contributed by atoms with Gasteiger partial charge >= 0.3 is 6.03 Å². The van der Waals surface area contributed by atoms with Crippen molar-refractivity contribution in [3.63, 3.8) is 0 Å². The first kappa shape index (κ1) is 16.4. The molecule has 1 aromatic rings. The van der Waals surface area contributed by atoms with Crippen molar-refractivity contribution in [1.82, 2.24) is 4.90 Å². The van der Waals surface area contributed by atoms with E-state index in [1.165, 1.54) is 17.0 Å². The number of hydrogen-bond donors (Lipinski definition) is 2. The number of aliphatic hydroxyl groups is 1. The van der Waals surface area contributed by atoms with E-state index >= 15 is 0 Å². The predicted molar refractivity (Wildman–Crippen MR) is 78.8 cm³/mol. The van der Waals surface area contributed by atoms with Crippen LogP contribution in [0.4, 0.5) is 16.2 Å². The predicted octanol–water partition coefficient (Wildman–Crippen LogP) is 2.59. The Labute approximate surface area is 124 Å². The Morgan fingerprint density at radius 1 is 1.50 bits per heavy atom. The molecule has 8 heteroatoms. The topological polar surface area (TPSA) is 95.7 Å². The summed E-state index contributed by atoms with van der Waals surface area (Å²) in [5.74, 6) is 0. The van der Waals surface area contributed by atoms with E-state index in [2.05, 4.69) is 21.2 Å². The molecule has 0 spiro atoms. The SMILES string of the molecule is CCCN(CCO)C(=O)Nc1ccc(Br)c([N+](=O)[O-])c1. The van der Waals surface area contributed by atoms with Crippen LogP contribution in [0, 0.1) is 10.1 Å². The molecule has 0 aliphatic carbocycles. The van der Waals surface area contributed by atoms with Gasteiger partial charge in [-0.15, -0.1) is 0 Å². The van der Waals surface area contributed by atoms with E-state index in [1.54, 1.807) is 6.07 Å². The van der Waals surface area contributed by atoms with Crippen molar-refractivity contribution in [3.8, 4) is 0 Å². The lowest BCUT2D eigenvalue weighted by molar-refractivity contribution is -0.385. The van der Waals surface area contributed by atoms with Gasteiger partial charge in [0.15, 0.2) is 0 Å². The minimum Gasteiger partial charge on any atom is -0.395 e.